The summed E-state index contributed by atoms with van der Waals surface area (Å²) in [4.78, 5) is 18.3. The number of thiazole rings is 1. The molecule has 0 aromatic carbocycles. The van der Waals surface area contributed by atoms with Gasteiger partial charge in [-0.3, -0.25) is 0 Å². The molecule has 0 spiro atoms. The molecule has 0 radical (unpaired) electrons. The minimum absolute atomic E-state index is 0.176. The van der Waals surface area contributed by atoms with Gasteiger partial charge in [0.2, 0.25) is 0 Å². The fourth-order valence-corrected chi connectivity index (χ4v) is 3.09. The summed E-state index contributed by atoms with van der Waals surface area (Å²) in [5.41, 5.74) is -0.423. The van der Waals surface area contributed by atoms with Gasteiger partial charge >= 0.3 is 6.09 Å². The third-order valence-electron chi connectivity index (χ3n) is 3.42. The van der Waals surface area contributed by atoms with Crippen LogP contribution in [-0.2, 0) is 11.3 Å². The van der Waals surface area contributed by atoms with Gasteiger partial charge in [-0.25, -0.2) is 9.78 Å². The molecule has 0 aliphatic carbocycles. The quantitative estimate of drug-likeness (QED) is 0.849. The van der Waals surface area contributed by atoms with E-state index in [9.17, 15) is 4.79 Å². The number of ether oxygens (including phenoxy) is 1. The van der Waals surface area contributed by atoms with Crippen molar-refractivity contribution in [3.63, 3.8) is 0 Å². The Morgan fingerprint density at radius 3 is 3.05 bits per heavy atom. The fourth-order valence-electron chi connectivity index (χ4n) is 2.50. The van der Waals surface area contributed by atoms with E-state index in [1.807, 2.05) is 37.2 Å². The standard InChI is InChI=1S/C15H25N3O2S/c1-15(2,3)20-14(19)18-9-4-5-12(18)6-7-16-11-13-17-8-10-21-13/h8,10,12,16H,4-7,9,11H2,1-3H3. The Balaban J connectivity index is 1.72. The lowest BCUT2D eigenvalue weighted by atomic mass is 10.1. The largest absolute Gasteiger partial charge is 0.444 e. The van der Waals surface area contributed by atoms with Crippen molar-refractivity contribution >= 4 is 17.4 Å². The zero-order valence-electron chi connectivity index (χ0n) is 13.1. The number of hydrogen-bond acceptors (Lipinski definition) is 5. The molecular weight excluding hydrogens is 286 g/mol. The molecule has 1 aliphatic rings. The first-order valence-corrected chi connectivity index (χ1v) is 8.42. The molecule has 1 aromatic rings. The van der Waals surface area contributed by atoms with Crippen LogP contribution in [0.1, 0.15) is 45.0 Å². The van der Waals surface area contributed by atoms with Crippen LogP contribution in [0.2, 0.25) is 0 Å². The lowest BCUT2D eigenvalue weighted by molar-refractivity contribution is 0.0221. The van der Waals surface area contributed by atoms with Crippen LogP contribution in [0.25, 0.3) is 0 Å². The first kappa shape index (κ1) is 16.2. The van der Waals surface area contributed by atoms with Crippen LogP contribution in [-0.4, -0.2) is 40.7 Å². The molecule has 1 N–H and O–H groups in total. The molecule has 1 aliphatic heterocycles. The van der Waals surface area contributed by atoms with Gasteiger partial charge in [-0.2, -0.15) is 0 Å². The topological polar surface area (TPSA) is 54.5 Å². The number of hydrogen-bond donors (Lipinski definition) is 1. The van der Waals surface area contributed by atoms with Crippen molar-refractivity contribution in [2.75, 3.05) is 13.1 Å². The zero-order chi connectivity index (χ0) is 15.3. The number of carbonyl (C=O) groups is 1. The highest BCUT2D eigenvalue weighted by Crippen LogP contribution is 2.22. The Morgan fingerprint density at radius 2 is 2.38 bits per heavy atom. The third-order valence-corrected chi connectivity index (χ3v) is 4.20. The SMILES string of the molecule is CC(C)(C)OC(=O)N1CCCC1CCNCc1nccs1. The van der Waals surface area contributed by atoms with Crippen molar-refractivity contribution in [1.82, 2.24) is 15.2 Å². The molecule has 0 saturated carbocycles. The predicted octanol–water partition coefficient (Wildman–Crippen LogP) is 3.02. The summed E-state index contributed by atoms with van der Waals surface area (Å²) in [6.07, 6.45) is 4.74. The molecule has 0 bridgehead atoms. The lowest BCUT2D eigenvalue weighted by Crippen LogP contribution is -2.40. The average molecular weight is 311 g/mol. The van der Waals surface area contributed by atoms with Crippen LogP contribution >= 0.6 is 11.3 Å². The van der Waals surface area contributed by atoms with Crippen LogP contribution in [0.3, 0.4) is 0 Å². The molecule has 1 amide bonds. The summed E-state index contributed by atoms with van der Waals surface area (Å²) in [6.45, 7) is 8.23. The summed E-state index contributed by atoms with van der Waals surface area (Å²) in [5.74, 6) is 0. The van der Waals surface area contributed by atoms with Gasteiger partial charge in [-0.1, -0.05) is 0 Å². The van der Waals surface area contributed by atoms with Crippen LogP contribution in [0.4, 0.5) is 4.79 Å². The minimum Gasteiger partial charge on any atom is -0.444 e. The second kappa shape index (κ2) is 7.22. The van der Waals surface area contributed by atoms with Crippen molar-refractivity contribution < 1.29 is 9.53 Å². The van der Waals surface area contributed by atoms with Crippen molar-refractivity contribution in [2.45, 2.75) is 58.2 Å². The van der Waals surface area contributed by atoms with E-state index in [1.54, 1.807) is 11.3 Å². The number of likely N-dealkylation sites (tertiary alicyclic amines) is 1. The van der Waals surface area contributed by atoms with Crippen molar-refractivity contribution in [2.24, 2.45) is 0 Å². The highest BCUT2D eigenvalue weighted by atomic mass is 32.1. The molecule has 1 atom stereocenters. The minimum atomic E-state index is -0.423. The van der Waals surface area contributed by atoms with E-state index >= 15 is 0 Å². The summed E-state index contributed by atoms with van der Waals surface area (Å²) < 4.78 is 5.48. The van der Waals surface area contributed by atoms with Crippen LogP contribution in [0.5, 0.6) is 0 Å². The molecule has 6 heteroatoms. The van der Waals surface area contributed by atoms with E-state index < -0.39 is 5.60 Å². The molecule has 5 nitrogen and oxygen atoms in total. The summed E-state index contributed by atoms with van der Waals surface area (Å²) in [6, 6.07) is 0.295. The molecule has 21 heavy (non-hydrogen) atoms. The molecule has 118 valence electrons. The van der Waals surface area contributed by atoms with Gasteiger partial charge in [0.05, 0.1) is 0 Å². The number of amides is 1. The van der Waals surface area contributed by atoms with Crippen LogP contribution in [0.15, 0.2) is 11.6 Å². The molecular formula is C15H25N3O2S. The van der Waals surface area contributed by atoms with E-state index in [2.05, 4.69) is 10.3 Å². The van der Waals surface area contributed by atoms with E-state index in [-0.39, 0.29) is 6.09 Å². The number of aromatic nitrogens is 1. The summed E-state index contributed by atoms with van der Waals surface area (Å²) in [7, 11) is 0. The van der Waals surface area contributed by atoms with E-state index in [4.69, 9.17) is 4.74 Å². The maximum absolute atomic E-state index is 12.2. The monoisotopic (exact) mass is 311 g/mol. The number of nitrogens with zero attached hydrogens (tertiary/aromatic N) is 2. The van der Waals surface area contributed by atoms with E-state index in [0.29, 0.717) is 6.04 Å². The molecule has 1 unspecified atom stereocenters. The van der Waals surface area contributed by atoms with Gasteiger partial charge in [0.1, 0.15) is 10.6 Å². The maximum Gasteiger partial charge on any atom is 0.410 e. The van der Waals surface area contributed by atoms with Gasteiger partial charge in [0.15, 0.2) is 0 Å². The Morgan fingerprint density at radius 1 is 1.57 bits per heavy atom. The fraction of sp³-hybridized carbons (Fsp3) is 0.733. The lowest BCUT2D eigenvalue weighted by Gasteiger charge is -2.28. The average Bonchev–Trinajstić information content (AvgIpc) is 3.04. The van der Waals surface area contributed by atoms with Gasteiger partial charge in [0.25, 0.3) is 0 Å². The van der Waals surface area contributed by atoms with Crippen molar-refractivity contribution in [3.05, 3.63) is 16.6 Å². The Hall–Kier alpha value is -1.14. The number of carbonyl (C=O) groups excluding carboxylic acids is 1. The smallest absolute Gasteiger partial charge is 0.410 e. The molecule has 1 fully saturated rings. The van der Waals surface area contributed by atoms with Crippen LogP contribution < -0.4 is 5.32 Å². The Kier molecular flexibility index (Phi) is 5.58. The first-order valence-electron chi connectivity index (χ1n) is 7.54. The van der Waals surface area contributed by atoms with Gasteiger partial charge < -0.3 is 15.0 Å². The number of rotatable bonds is 5. The van der Waals surface area contributed by atoms with Gasteiger partial charge in [-0.15, -0.1) is 11.3 Å². The van der Waals surface area contributed by atoms with Crippen molar-refractivity contribution in [1.29, 1.82) is 0 Å². The summed E-state index contributed by atoms with van der Waals surface area (Å²) >= 11 is 1.66. The molecule has 1 aromatic heterocycles. The first-order chi connectivity index (χ1) is 9.96. The zero-order valence-corrected chi connectivity index (χ0v) is 13.9. The molecule has 2 heterocycles. The maximum atomic E-state index is 12.2. The van der Waals surface area contributed by atoms with Crippen LogP contribution in [0, 0.1) is 0 Å². The second-order valence-electron chi connectivity index (χ2n) is 6.36. The normalized spacial score (nSPS) is 19.0. The Labute approximate surface area is 130 Å². The Bertz CT molecular complexity index is 442. The molecule has 2 rings (SSSR count). The van der Waals surface area contributed by atoms with Crippen molar-refractivity contribution in [3.8, 4) is 0 Å². The predicted molar refractivity (Wildman–Crippen MR) is 84.4 cm³/mol. The second-order valence-corrected chi connectivity index (χ2v) is 7.34. The number of nitrogens with one attached hydrogen (secondary N) is 1. The van der Waals surface area contributed by atoms with Gasteiger partial charge in [0, 0.05) is 30.7 Å². The highest BCUT2D eigenvalue weighted by molar-refractivity contribution is 7.09. The highest BCUT2D eigenvalue weighted by Gasteiger charge is 2.31. The van der Waals surface area contributed by atoms with E-state index in [0.717, 1.165) is 43.9 Å². The van der Waals surface area contributed by atoms with E-state index in [1.165, 1.54) is 0 Å². The van der Waals surface area contributed by atoms with Gasteiger partial charge in [-0.05, 0) is 46.6 Å². The summed E-state index contributed by atoms with van der Waals surface area (Å²) in [5, 5.41) is 6.48. The third kappa shape index (κ3) is 5.28. The molecule has 1 saturated heterocycles.